The van der Waals surface area contributed by atoms with E-state index in [-0.39, 0.29) is 142 Å². The number of rotatable bonds is 42. The van der Waals surface area contributed by atoms with Gasteiger partial charge in [0, 0.05) is 140 Å². The number of piperazine rings is 1. The lowest BCUT2D eigenvalue weighted by Crippen LogP contribution is -2.59. The van der Waals surface area contributed by atoms with Crippen LogP contribution in [0.2, 0.25) is 0 Å². The summed E-state index contributed by atoms with van der Waals surface area (Å²) in [4.78, 5) is 205. The minimum absolute atomic E-state index is 0.0559. The number of thioether (sulfide) groups is 1. The smallest absolute Gasteiger partial charge is 0.317 e. The molecule has 0 spiro atoms. The van der Waals surface area contributed by atoms with E-state index in [1.165, 1.54) is 31.2 Å². The second-order valence-electron chi connectivity index (χ2n) is 27.0. The number of H-pyrrole nitrogens is 2. The number of nitrogens with two attached hydrogens (primary N) is 2. The maximum atomic E-state index is 14.5. The molecule has 3 aromatic rings. The zero-order chi connectivity index (χ0) is 77.3. The van der Waals surface area contributed by atoms with Gasteiger partial charge in [-0.3, -0.25) is 96.5 Å². The summed E-state index contributed by atoms with van der Waals surface area (Å²) in [5, 5.41) is 53.4. The molecule has 7 atom stereocenters. The molecule has 2 fully saturated rings. The predicted molar refractivity (Wildman–Crippen MR) is 386 cm³/mol. The number of imidazole rings is 1. The predicted octanol–water partition coefficient (Wildman–Crippen LogP) is -5.38. The molecule has 105 heavy (non-hydrogen) atoms. The van der Waals surface area contributed by atoms with Crippen molar-refractivity contribution in [3.8, 4) is 0 Å². The van der Waals surface area contributed by atoms with Crippen molar-refractivity contribution >= 4 is 106 Å². The molecule has 37 nitrogen and oxygen atoms in total. The van der Waals surface area contributed by atoms with Crippen LogP contribution in [0.25, 0.3) is 10.9 Å². The lowest BCUT2D eigenvalue weighted by molar-refractivity contribution is -0.140. The molecular formula is C67H106N20O17S. The van der Waals surface area contributed by atoms with Crippen molar-refractivity contribution < 1.29 is 82.4 Å². The molecule has 0 radical (unpaired) electrons. The highest BCUT2D eigenvalue weighted by molar-refractivity contribution is 7.98. The number of nitrogens with zero attached hydrogens (tertiary/aromatic N) is 7. The Morgan fingerprint density at radius 1 is 0.524 bits per heavy atom. The SMILES string of the molecule is CSCC[C@H](NC(=O)[C@H](CC(C)C)NC(=O)[C@H](Cc1cnc[nH]1)NC(=O)CNC(=O)[C@@H](NC(=O)[C@H](C)NC(=O)[C@H](Cc1c[nH]c2ccccc12)NC(=O)[C@H](CCC(N)=O)NC(=O)CN1CCN(CCNC(=O)CN2CCN(CC(=O)O)CCN(CC(=O)O)CCN(CC(=O)O)CC2)CC1)C(C)C)C(N)=O. The zero-order valence-electron chi connectivity index (χ0n) is 60.6. The number of carbonyl (C=O) groups excluding carboxylic acids is 11. The summed E-state index contributed by atoms with van der Waals surface area (Å²) < 4.78 is 0. The highest BCUT2D eigenvalue weighted by Crippen LogP contribution is 2.20. The standard InChI is InChI=1S/C67H106N20O17S/c1-41(2)29-50(65(102)78-48(61(69)98)13-28-105-6)79-66(103)52(31-45-33-70-40-74-45)77-54(89)34-73-67(104)60(42(3)4)81-62(99)43(5)75-64(101)51(30-44-32-72-47-10-8-7-9-46(44)47)80-63(100)49(11-12-53(68)88)76-56(91)36-84-18-16-82(17-19-84)15-14-71-55(90)35-83-20-22-85(37-57(92)93)24-26-87(39-59(96)97)27-25-86(23-21-83)38-58(94)95/h7-10,32-33,40-43,48-52,60,72H,11-31,34-39H2,1-6H3,(H2,68,88)(H2,69,98)(H,70,74)(H,71,90)(H,73,104)(H,75,101)(H,76,91)(H,77,89)(H,78,102)(H,79,103)(H,80,100)(H,81,99)(H,92,93)(H,94,95)(H,96,97)/t43-,48-,49-,50-,51-,52-,60-/m0/s1. The van der Waals surface area contributed by atoms with Gasteiger partial charge in [0.15, 0.2) is 0 Å². The third kappa shape index (κ3) is 31.9. The number of carbonyl (C=O) groups is 14. The Balaban J connectivity index is 1.17. The van der Waals surface area contributed by atoms with E-state index in [0.29, 0.717) is 49.7 Å². The highest BCUT2D eigenvalue weighted by atomic mass is 32.2. The van der Waals surface area contributed by atoms with Crippen LogP contribution in [0.15, 0.2) is 43.0 Å². The van der Waals surface area contributed by atoms with E-state index < -0.39 is 132 Å². The molecule has 5 rings (SSSR count). The Labute approximate surface area is 613 Å². The number of benzene rings is 1. The molecule has 0 aliphatic carbocycles. The topological polar surface area (TPSA) is 524 Å². The molecule has 0 unspecified atom stereocenters. The number of primary amides is 2. The fourth-order valence-electron chi connectivity index (χ4n) is 11.9. The van der Waals surface area contributed by atoms with E-state index in [2.05, 4.69) is 67.7 Å². The quantitative estimate of drug-likeness (QED) is 0.0252. The maximum Gasteiger partial charge on any atom is 0.317 e. The molecule has 0 bridgehead atoms. The minimum Gasteiger partial charge on any atom is -0.480 e. The second-order valence-corrected chi connectivity index (χ2v) is 28.0. The molecule has 4 heterocycles. The number of hydrogen-bond acceptors (Lipinski definition) is 22. The number of aromatic nitrogens is 3. The van der Waals surface area contributed by atoms with Crippen molar-refractivity contribution in [2.24, 2.45) is 23.3 Å². The third-order valence-corrected chi connectivity index (χ3v) is 18.3. The van der Waals surface area contributed by atoms with E-state index in [9.17, 15) is 82.4 Å². The maximum absolute atomic E-state index is 14.5. The number of amides is 11. The van der Waals surface area contributed by atoms with Gasteiger partial charge in [0.2, 0.25) is 65.0 Å². The van der Waals surface area contributed by atoms with Gasteiger partial charge in [0.25, 0.3) is 0 Å². The highest BCUT2D eigenvalue weighted by Gasteiger charge is 2.35. The summed E-state index contributed by atoms with van der Waals surface area (Å²) in [5.41, 5.74) is 12.9. The van der Waals surface area contributed by atoms with Crippen LogP contribution in [0.5, 0.6) is 0 Å². The average Bonchev–Trinajstić information content (AvgIpc) is 1.72. The van der Waals surface area contributed by atoms with Gasteiger partial charge in [-0.1, -0.05) is 45.9 Å². The van der Waals surface area contributed by atoms with Gasteiger partial charge in [0.1, 0.15) is 42.3 Å². The Morgan fingerprint density at radius 3 is 1.54 bits per heavy atom. The van der Waals surface area contributed by atoms with E-state index in [0.717, 1.165) is 10.9 Å². The monoisotopic (exact) mass is 1490 g/mol. The van der Waals surface area contributed by atoms with Gasteiger partial charge >= 0.3 is 17.9 Å². The zero-order valence-corrected chi connectivity index (χ0v) is 61.4. The first-order chi connectivity index (χ1) is 49.9. The van der Waals surface area contributed by atoms with Crippen molar-refractivity contribution in [3.63, 3.8) is 0 Å². The number of carboxylic acids is 3. The Kier molecular flexibility index (Phi) is 36.5. The van der Waals surface area contributed by atoms with Crippen LogP contribution in [0.4, 0.5) is 0 Å². The summed E-state index contributed by atoms with van der Waals surface area (Å²) in [7, 11) is 0. The summed E-state index contributed by atoms with van der Waals surface area (Å²) in [6.45, 7) is 11.0. The van der Waals surface area contributed by atoms with Crippen LogP contribution < -0.4 is 59.3 Å². The van der Waals surface area contributed by atoms with Crippen LogP contribution in [0, 0.1) is 11.8 Å². The van der Waals surface area contributed by atoms with Gasteiger partial charge in [-0.15, -0.1) is 0 Å². The number of para-hydroxylation sites is 1. The molecule has 11 amide bonds. The molecule has 2 aromatic heterocycles. The van der Waals surface area contributed by atoms with Crippen LogP contribution in [-0.4, -0.2) is 328 Å². The normalized spacial score (nSPS) is 16.8. The van der Waals surface area contributed by atoms with Gasteiger partial charge in [-0.25, -0.2) is 4.98 Å². The summed E-state index contributed by atoms with van der Waals surface area (Å²) >= 11 is 1.46. The molecule has 2 aliphatic heterocycles. The first-order valence-corrected chi connectivity index (χ1v) is 36.5. The fourth-order valence-corrected chi connectivity index (χ4v) is 12.3. The van der Waals surface area contributed by atoms with E-state index in [1.807, 2.05) is 36.0 Å². The first-order valence-electron chi connectivity index (χ1n) is 35.1. The van der Waals surface area contributed by atoms with Crippen molar-refractivity contribution in [1.82, 2.24) is 92.2 Å². The van der Waals surface area contributed by atoms with Gasteiger partial charge in [0.05, 0.1) is 45.6 Å². The number of carboxylic acid groups (broad SMARTS) is 3. The van der Waals surface area contributed by atoms with Gasteiger partial charge in [-0.2, -0.15) is 11.8 Å². The third-order valence-electron chi connectivity index (χ3n) is 17.7. The number of aromatic amines is 2. The van der Waals surface area contributed by atoms with Crippen LogP contribution in [-0.2, 0) is 80.0 Å². The lowest BCUT2D eigenvalue weighted by Gasteiger charge is -2.34. The minimum atomic E-state index is -1.40. The largest absolute Gasteiger partial charge is 0.480 e. The molecule has 18 N–H and O–H groups in total. The summed E-state index contributed by atoms with van der Waals surface area (Å²) in [6.07, 6.45) is 5.92. The van der Waals surface area contributed by atoms with Crippen molar-refractivity contribution in [1.29, 1.82) is 0 Å². The van der Waals surface area contributed by atoms with E-state index in [1.54, 1.807) is 52.9 Å². The molecule has 1 aromatic carbocycles. The Morgan fingerprint density at radius 2 is 1.02 bits per heavy atom. The summed E-state index contributed by atoms with van der Waals surface area (Å²) in [5.74, 6) is -11.3. The molecular weight excluding hydrogens is 1390 g/mol. The Hall–Kier alpha value is -9.34. The lowest BCUT2D eigenvalue weighted by atomic mass is 10.0. The van der Waals surface area contributed by atoms with E-state index >= 15 is 0 Å². The van der Waals surface area contributed by atoms with E-state index in [4.69, 9.17) is 11.5 Å². The molecule has 0 saturated carbocycles. The van der Waals surface area contributed by atoms with Crippen LogP contribution >= 0.6 is 11.8 Å². The first kappa shape index (κ1) is 86.3. The molecule has 2 aliphatic rings. The number of fused-ring (bicyclic) bond motifs is 1. The summed E-state index contributed by atoms with van der Waals surface area (Å²) in [6, 6.07) is -1.63. The van der Waals surface area contributed by atoms with Crippen LogP contribution in [0.3, 0.4) is 0 Å². The van der Waals surface area contributed by atoms with Crippen molar-refractivity contribution in [2.75, 3.05) is 143 Å². The van der Waals surface area contributed by atoms with Gasteiger partial charge in [-0.05, 0) is 61.7 Å². The number of aliphatic carboxylic acids is 3. The van der Waals surface area contributed by atoms with Crippen molar-refractivity contribution in [3.05, 3.63) is 54.2 Å². The molecule has 38 heteroatoms. The fraction of sp³-hybridized carbons (Fsp3) is 0.627. The number of hydrogen-bond donors (Lipinski definition) is 16. The molecule has 582 valence electrons. The Bertz CT molecular complexity index is 3380. The number of nitrogens with one attached hydrogen (secondary N) is 11. The van der Waals surface area contributed by atoms with Gasteiger partial charge < -0.3 is 84.6 Å². The average molecular weight is 1500 g/mol. The van der Waals surface area contributed by atoms with Crippen molar-refractivity contribution in [2.45, 2.75) is 115 Å². The van der Waals surface area contributed by atoms with Crippen LogP contribution in [0.1, 0.15) is 71.6 Å². The second kappa shape index (κ2) is 44.5. The molecule has 2 saturated heterocycles.